The minimum Gasteiger partial charge on any atom is -0.378 e. The molecule has 2 amide bonds. The van der Waals surface area contributed by atoms with E-state index in [1.165, 1.54) is 0 Å². The number of nitrogens with zero attached hydrogens (tertiary/aromatic N) is 1. The lowest BCUT2D eigenvalue weighted by molar-refractivity contribution is -0.142. The fourth-order valence-corrected chi connectivity index (χ4v) is 2.88. The highest BCUT2D eigenvalue weighted by Gasteiger charge is 2.29. The summed E-state index contributed by atoms with van der Waals surface area (Å²) in [6.07, 6.45) is 0.757. The lowest BCUT2D eigenvalue weighted by Gasteiger charge is -2.34. The second kappa shape index (κ2) is 7.79. The molecule has 2 rings (SSSR count). The van der Waals surface area contributed by atoms with Crippen LogP contribution in [-0.4, -0.2) is 41.5 Å². The van der Waals surface area contributed by atoms with Gasteiger partial charge in [-0.05, 0) is 24.3 Å². The van der Waals surface area contributed by atoms with Gasteiger partial charge in [0, 0.05) is 25.0 Å². The summed E-state index contributed by atoms with van der Waals surface area (Å²) in [4.78, 5) is 26.2. The normalized spacial score (nSPS) is 19.7. The molecule has 0 bridgehead atoms. The Kier molecular flexibility index (Phi) is 5.99. The van der Waals surface area contributed by atoms with E-state index in [4.69, 9.17) is 0 Å². The first-order chi connectivity index (χ1) is 11.3. The zero-order valence-electron chi connectivity index (χ0n) is 14.8. The quantitative estimate of drug-likeness (QED) is 0.887. The Hall–Kier alpha value is -1.88. The lowest BCUT2D eigenvalue weighted by Crippen LogP contribution is -2.46. The van der Waals surface area contributed by atoms with Crippen molar-refractivity contribution in [2.75, 3.05) is 19.6 Å². The molecule has 1 heterocycles. The van der Waals surface area contributed by atoms with E-state index in [0.717, 1.165) is 12.8 Å². The van der Waals surface area contributed by atoms with E-state index in [2.05, 4.69) is 5.32 Å². The van der Waals surface area contributed by atoms with Gasteiger partial charge in [-0.2, -0.15) is 0 Å². The number of piperidine rings is 1. The van der Waals surface area contributed by atoms with Gasteiger partial charge in [0.15, 0.2) is 6.10 Å². The summed E-state index contributed by atoms with van der Waals surface area (Å²) in [6.45, 7) is 7.46. The molecule has 2 N–H and O–H groups in total. The van der Waals surface area contributed by atoms with Crippen LogP contribution in [0.4, 0.5) is 0 Å². The van der Waals surface area contributed by atoms with Gasteiger partial charge in [-0.3, -0.25) is 9.59 Å². The van der Waals surface area contributed by atoms with Crippen molar-refractivity contribution < 1.29 is 14.7 Å². The molecular formula is C19H28N2O3. The molecule has 1 aromatic rings. The van der Waals surface area contributed by atoms with Gasteiger partial charge in [0.25, 0.3) is 5.91 Å². The lowest BCUT2D eigenvalue weighted by atomic mass is 9.93. The predicted octanol–water partition coefficient (Wildman–Crippen LogP) is 2.12. The fourth-order valence-electron chi connectivity index (χ4n) is 2.88. The molecular weight excluding hydrogens is 304 g/mol. The Labute approximate surface area is 144 Å². The van der Waals surface area contributed by atoms with Crippen molar-refractivity contribution in [2.45, 2.75) is 39.7 Å². The number of likely N-dealkylation sites (tertiary alicyclic amines) is 1. The smallest absolute Gasteiger partial charge is 0.256 e. The third kappa shape index (κ3) is 4.81. The first kappa shape index (κ1) is 18.5. The summed E-state index contributed by atoms with van der Waals surface area (Å²) in [5, 5.41) is 13.3. The van der Waals surface area contributed by atoms with Crippen LogP contribution in [0.1, 0.15) is 45.3 Å². The van der Waals surface area contributed by atoms with Crippen LogP contribution in [0.25, 0.3) is 0 Å². The summed E-state index contributed by atoms with van der Waals surface area (Å²) in [6, 6.07) is 9.00. The molecule has 132 valence electrons. The van der Waals surface area contributed by atoms with Gasteiger partial charge in [0.2, 0.25) is 5.91 Å². The van der Waals surface area contributed by atoms with E-state index >= 15 is 0 Å². The number of aliphatic hydroxyl groups is 1. The van der Waals surface area contributed by atoms with Gasteiger partial charge < -0.3 is 15.3 Å². The molecule has 2 atom stereocenters. The standard InChI is InChI=1S/C19H28N2O3/c1-19(2,3)18(24)20-12-14-8-7-11-21(13-14)17(23)16(22)15-9-5-4-6-10-15/h4-6,9-10,14,16,22H,7-8,11-13H2,1-3H3,(H,20,24). The Morgan fingerprint density at radius 3 is 2.58 bits per heavy atom. The first-order valence-electron chi connectivity index (χ1n) is 8.59. The Bertz CT molecular complexity index is 566. The maximum Gasteiger partial charge on any atom is 0.256 e. The van der Waals surface area contributed by atoms with Crippen LogP contribution in [0.2, 0.25) is 0 Å². The molecule has 1 aliphatic heterocycles. The molecule has 0 saturated carbocycles. The van der Waals surface area contributed by atoms with Crippen LogP contribution in [0.15, 0.2) is 30.3 Å². The van der Waals surface area contributed by atoms with Crippen molar-refractivity contribution in [3.8, 4) is 0 Å². The van der Waals surface area contributed by atoms with E-state index in [0.29, 0.717) is 25.2 Å². The van der Waals surface area contributed by atoms with E-state index in [-0.39, 0.29) is 17.7 Å². The minimum atomic E-state index is -1.12. The minimum absolute atomic E-state index is 0.0234. The number of rotatable bonds is 4. The Balaban J connectivity index is 1.90. The van der Waals surface area contributed by atoms with Gasteiger partial charge >= 0.3 is 0 Å². The number of carbonyl (C=O) groups is 2. The molecule has 1 fully saturated rings. The molecule has 1 aliphatic rings. The molecule has 5 nitrogen and oxygen atoms in total. The molecule has 0 radical (unpaired) electrons. The van der Waals surface area contributed by atoms with Gasteiger partial charge in [0.1, 0.15) is 0 Å². The van der Waals surface area contributed by atoms with Gasteiger partial charge in [-0.1, -0.05) is 51.1 Å². The zero-order chi connectivity index (χ0) is 17.7. The van der Waals surface area contributed by atoms with Crippen LogP contribution in [-0.2, 0) is 9.59 Å². The second-order valence-electron chi connectivity index (χ2n) is 7.57. The second-order valence-corrected chi connectivity index (χ2v) is 7.57. The average Bonchev–Trinajstić information content (AvgIpc) is 2.58. The van der Waals surface area contributed by atoms with E-state index in [9.17, 15) is 14.7 Å². The number of hydrogen-bond acceptors (Lipinski definition) is 3. The number of carbonyl (C=O) groups excluding carboxylic acids is 2. The predicted molar refractivity (Wildman–Crippen MR) is 93.2 cm³/mol. The molecule has 24 heavy (non-hydrogen) atoms. The van der Waals surface area contributed by atoms with Gasteiger partial charge in [-0.25, -0.2) is 0 Å². The summed E-state index contributed by atoms with van der Waals surface area (Å²) in [7, 11) is 0. The molecule has 0 aliphatic carbocycles. The van der Waals surface area contributed by atoms with Crippen molar-refractivity contribution in [3.05, 3.63) is 35.9 Å². The van der Waals surface area contributed by atoms with E-state index < -0.39 is 11.5 Å². The summed E-state index contributed by atoms with van der Waals surface area (Å²) in [5.74, 6) is 0.000270. The van der Waals surface area contributed by atoms with E-state index in [1.54, 1.807) is 17.0 Å². The summed E-state index contributed by atoms with van der Waals surface area (Å²) < 4.78 is 0. The van der Waals surface area contributed by atoms with Crippen LogP contribution in [0, 0.1) is 11.3 Å². The Morgan fingerprint density at radius 1 is 1.29 bits per heavy atom. The highest BCUT2D eigenvalue weighted by Crippen LogP contribution is 2.22. The Morgan fingerprint density at radius 2 is 1.96 bits per heavy atom. The fraction of sp³-hybridized carbons (Fsp3) is 0.579. The van der Waals surface area contributed by atoms with Gasteiger partial charge in [-0.15, -0.1) is 0 Å². The maximum absolute atomic E-state index is 12.5. The summed E-state index contributed by atoms with van der Waals surface area (Å²) in [5.41, 5.74) is 0.207. The number of nitrogens with one attached hydrogen (secondary N) is 1. The SMILES string of the molecule is CC(C)(C)C(=O)NCC1CCCN(C(=O)C(O)c2ccccc2)C1. The number of amides is 2. The van der Waals surface area contributed by atoms with Crippen molar-refractivity contribution in [1.29, 1.82) is 0 Å². The number of benzene rings is 1. The third-order valence-electron chi connectivity index (χ3n) is 4.41. The highest BCUT2D eigenvalue weighted by atomic mass is 16.3. The first-order valence-corrected chi connectivity index (χ1v) is 8.59. The van der Waals surface area contributed by atoms with Crippen LogP contribution < -0.4 is 5.32 Å². The molecule has 0 spiro atoms. The maximum atomic E-state index is 12.5. The molecule has 5 heteroatoms. The van der Waals surface area contributed by atoms with Crippen LogP contribution >= 0.6 is 0 Å². The van der Waals surface area contributed by atoms with Crippen molar-refractivity contribution in [2.24, 2.45) is 11.3 Å². The average molecular weight is 332 g/mol. The topological polar surface area (TPSA) is 69.6 Å². The summed E-state index contributed by atoms with van der Waals surface area (Å²) >= 11 is 0. The monoisotopic (exact) mass is 332 g/mol. The third-order valence-corrected chi connectivity index (χ3v) is 4.41. The van der Waals surface area contributed by atoms with Crippen molar-refractivity contribution in [1.82, 2.24) is 10.2 Å². The molecule has 0 aromatic heterocycles. The largest absolute Gasteiger partial charge is 0.378 e. The van der Waals surface area contributed by atoms with E-state index in [1.807, 2.05) is 39.0 Å². The van der Waals surface area contributed by atoms with Gasteiger partial charge in [0.05, 0.1) is 0 Å². The van der Waals surface area contributed by atoms with Crippen LogP contribution in [0.3, 0.4) is 0 Å². The van der Waals surface area contributed by atoms with Crippen molar-refractivity contribution in [3.63, 3.8) is 0 Å². The molecule has 2 unspecified atom stereocenters. The zero-order valence-corrected chi connectivity index (χ0v) is 14.8. The molecule has 1 saturated heterocycles. The van der Waals surface area contributed by atoms with Crippen LogP contribution in [0.5, 0.6) is 0 Å². The number of hydrogen-bond donors (Lipinski definition) is 2. The number of aliphatic hydroxyl groups excluding tert-OH is 1. The molecule has 1 aromatic carbocycles. The highest BCUT2D eigenvalue weighted by molar-refractivity contribution is 5.82. The van der Waals surface area contributed by atoms with Crippen molar-refractivity contribution >= 4 is 11.8 Å².